The van der Waals surface area contributed by atoms with Crippen molar-refractivity contribution < 1.29 is 8.42 Å². The van der Waals surface area contributed by atoms with Gasteiger partial charge in [-0.2, -0.15) is 10.2 Å². The molecule has 2 aromatic heterocycles. The van der Waals surface area contributed by atoms with Crippen molar-refractivity contribution in [1.82, 2.24) is 24.5 Å². The van der Waals surface area contributed by atoms with Gasteiger partial charge >= 0.3 is 0 Å². The van der Waals surface area contributed by atoms with E-state index in [1.807, 2.05) is 6.92 Å². The SMILES string of the molecule is CCn1cc(Cl)c(-c2n[nH]c(=S)n2-c2ccc(S(N)(=O)=O)cc2)n1. The number of aryl methyl sites for hydroxylation is 1. The standard InChI is InChI=1S/C13H13ClN6O2S2/c1-2-19-7-10(14)11(18-19)12-16-17-13(23)20(12)8-3-5-9(6-4-8)24(15,21)22/h3-7H,2H2,1H3,(H,17,23)(H2,15,21,22). The zero-order valence-corrected chi connectivity index (χ0v) is 14.9. The summed E-state index contributed by atoms with van der Waals surface area (Å²) < 4.78 is 26.4. The summed E-state index contributed by atoms with van der Waals surface area (Å²) in [6.45, 7) is 2.60. The topological polar surface area (TPSA) is 112 Å². The van der Waals surface area contributed by atoms with Gasteiger partial charge in [-0.15, -0.1) is 0 Å². The van der Waals surface area contributed by atoms with E-state index in [-0.39, 0.29) is 4.90 Å². The molecule has 0 aliphatic carbocycles. The van der Waals surface area contributed by atoms with Gasteiger partial charge in [0.05, 0.1) is 15.6 Å². The number of benzene rings is 1. The lowest BCUT2D eigenvalue weighted by Crippen LogP contribution is -2.12. The Labute approximate surface area is 147 Å². The Morgan fingerprint density at radius 3 is 2.54 bits per heavy atom. The highest BCUT2D eigenvalue weighted by Crippen LogP contribution is 2.27. The molecule has 0 fully saturated rings. The second-order valence-corrected chi connectivity index (χ2v) is 7.26. The molecule has 3 rings (SSSR count). The zero-order valence-electron chi connectivity index (χ0n) is 12.5. The third-order valence-electron chi connectivity index (χ3n) is 3.35. The minimum Gasteiger partial charge on any atom is -0.271 e. The fraction of sp³-hybridized carbons (Fsp3) is 0.154. The fourth-order valence-electron chi connectivity index (χ4n) is 2.19. The number of sulfonamides is 1. The van der Waals surface area contributed by atoms with E-state index >= 15 is 0 Å². The minimum atomic E-state index is -3.76. The molecule has 0 aliphatic heterocycles. The highest BCUT2D eigenvalue weighted by Gasteiger charge is 2.18. The van der Waals surface area contributed by atoms with Crippen molar-refractivity contribution in [2.24, 2.45) is 5.14 Å². The Bertz CT molecular complexity index is 1050. The first kappa shape index (κ1) is 16.8. The van der Waals surface area contributed by atoms with Gasteiger partial charge in [-0.05, 0) is 43.4 Å². The van der Waals surface area contributed by atoms with Crippen molar-refractivity contribution in [1.29, 1.82) is 0 Å². The van der Waals surface area contributed by atoms with E-state index in [1.54, 1.807) is 27.6 Å². The fourth-order valence-corrected chi connectivity index (χ4v) is 3.18. The number of aromatic nitrogens is 5. The van der Waals surface area contributed by atoms with Crippen LogP contribution in [0.1, 0.15) is 6.92 Å². The summed E-state index contributed by atoms with van der Waals surface area (Å²) in [5.74, 6) is 0.431. The first-order valence-electron chi connectivity index (χ1n) is 6.85. The number of nitrogens with zero attached hydrogens (tertiary/aromatic N) is 4. The van der Waals surface area contributed by atoms with Crippen LogP contribution in [0, 0.1) is 4.77 Å². The lowest BCUT2D eigenvalue weighted by atomic mass is 10.3. The number of halogens is 1. The van der Waals surface area contributed by atoms with Crippen LogP contribution in [0.25, 0.3) is 17.2 Å². The van der Waals surface area contributed by atoms with Crippen LogP contribution in [-0.2, 0) is 16.6 Å². The molecule has 2 heterocycles. The van der Waals surface area contributed by atoms with Gasteiger partial charge in [-0.3, -0.25) is 14.3 Å². The molecule has 24 heavy (non-hydrogen) atoms. The van der Waals surface area contributed by atoms with Gasteiger partial charge in [-0.1, -0.05) is 11.6 Å². The van der Waals surface area contributed by atoms with Gasteiger partial charge in [0.2, 0.25) is 10.0 Å². The normalized spacial score (nSPS) is 11.8. The number of rotatable bonds is 4. The lowest BCUT2D eigenvalue weighted by Gasteiger charge is -2.06. The smallest absolute Gasteiger partial charge is 0.238 e. The summed E-state index contributed by atoms with van der Waals surface area (Å²) in [4.78, 5) is 0.0103. The summed E-state index contributed by atoms with van der Waals surface area (Å²) in [5, 5.41) is 16.8. The molecule has 0 aliphatic rings. The van der Waals surface area contributed by atoms with Crippen LogP contribution in [0.5, 0.6) is 0 Å². The molecule has 0 amide bonds. The molecule has 0 radical (unpaired) electrons. The number of hydrogen-bond donors (Lipinski definition) is 2. The number of H-pyrrole nitrogens is 1. The Morgan fingerprint density at radius 2 is 2.00 bits per heavy atom. The molecule has 11 heteroatoms. The quantitative estimate of drug-likeness (QED) is 0.669. The third-order valence-corrected chi connectivity index (χ3v) is 4.83. The molecule has 8 nitrogen and oxygen atoms in total. The molecular formula is C13H13ClN6O2S2. The number of primary sulfonamides is 1. The molecule has 3 N–H and O–H groups in total. The van der Waals surface area contributed by atoms with Crippen molar-refractivity contribution >= 4 is 33.8 Å². The molecule has 3 aromatic rings. The van der Waals surface area contributed by atoms with E-state index in [4.69, 9.17) is 29.0 Å². The van der Waals surface area contributed by atoms with Crippen LogP contribution < -0.4 is 5.14 Å². The second-order valence-electron chi connectivity index (χ2n) is 4.91. The van der Waals surface area contributed by atoms with E-state index in [9.17, 15) is 8.42 Å². The van der Waals surface area contributed by atoms with Crippen molar-refractivity contribution in [2.75, 3.05) is 0 Å². The largest absolute Gasteiger partial charge is 0.271 e. The zero-order chi connectivity index (χ0) is 17.5. The molecule has 1 aromatic carbocycles. The number of aromatic amines is 1. The van der Waals surface area contributed by atoms with Crippen molar-refractivity contribution in [3.8, 4) is 17.2 Å². The predicted octanol–water partition coefficient (Wildman–Crippen LogP) is 2.11. The Balaban J connectivity index is 2.14. The van der Waals surface area contributed by atoms with Crippen LogP contribution in [0.3, 0.4) is 0 Å². The molecule has 0 saturated heterocycles. The van der Waals surface area contributed by atoms with Crippen molar-refractivity contribution in [3.05, 3.63) is 40.3 Å². The van der Waals surface area contributed by atoms with Gasteiger partial charge in [0.25, 0.3) is 0 Å². The second kappa shape index (κ2) is 6.13. The summed E-state index contributed by atoms with van der Waals surface area (Å²) in [5.41, 5.74) is 1.08. The van der Waals surface area contributed by atoms with E-state index in [2.05, 4.69) is 15.3 Å². The molecular weight excluding hydrogens is 372 g/mol. The molecule has 0 spiro atoms. The first-order valence-corrected chi connectivity index (χ1v) is 9.18. The van der Waals surface area contributed by atoms with Gasteiger partial charge < -0.3 is 0 Å². The highest BCUT2D eigenvalue weighted by atomic mass is 35.5. The van der Waals surface area contributed by atoms with Gasteiger partial charge in [0.15, 0.2) is 10.6 Å². The average molecular weight is 385 g/mol. The van der Waals surface area contributed by atoms with Crippen LogP contribution in [0.4, 0.5) is 0 Å². The molecule has 126 valence electrons. The molecule has 0 atom stereocenters. The number of hydrogen-bond acceptors (Lipinski definition) is 5. The molecule has 0 unspecified atom stereocenters. The number of nitrogens with two attached hydrogens (primary N) is 1. The Morgan fingerprint density at radius 1 is 1.33 bits per heavy atom. The highest BCUT2D eigenvalue weighted by molar-refractivity contribution is 7.89. The summed E-state index contributed by atoms with van der Waals surface area (Å²) >= 11 is 11.5. The molecule has 0 bridgehead atoms. The van der Waals surface area contributed by atoms with Crippen LogP contribution in [-0.4, -0.2) is 33.0 Å². The van der Waals surface area contributed by atoms with Gasteiger partial charge in [0, 0.05) is 12.7 Å². The van der Waals surface area contributed by atoms with E-state index in [1.165, 1.54) is 12.1 Å². The summed E-state index contributed by atoms with van der Waals surface area (Å²) in [6, 6.07) is 5.96. The molecule has 0 saturated carbocycles. The maximum absolute atomic E-state index is 11.4. The Kier molecular flexibility index (Phi) is 4.30. The monoisotopic (exact) mass is 384 g/mol. The van der Waals surface area contributed by atoms with E-state index in [0.717, 1.165) is 0 Å². The number of nitrogens with one attached hydrogen (secondary N) is 1. The average Bonchev–Trinajstić information content (AvgIpc) is 3.09. The van der Waals surface area contributed by atoms with E-state index < -0.39 is 10.0 Å². The van der Waals surface area contributed by atoms with Crippen LogP contribution >= 0.6 is 23.8 Å². The summed E-state index contributed by atoms with van der Waals surface area (Å²) in [7, 11) is -3.76. The van der Waals surface area contributed by atoms with Crippen molar-refractivity contribution in [3.63, 3.8) is 0 Å². The predicted molar refractivity (Wildman–Crippen MR) is 92.0 cm³/mol. The van der Waals surface area contributed by atoms with Gasteiger partial charge in [-0.25, -0.2) is 13.6 Å². The van der Waals surface area contributed by atoms with Crippen molar-refractivity contribution in [2.45, 2.75) is 18.4 Å². The third kappa shape index (κ3) is 3.00. The van der Waals surface area contributed by atoms with E-state index in [0.29, 0.717) is 33.5 Å². The lowest BCUT2D eigenvalue weighted by molar-refractivity contribution is 0.598. The van der Waals surface area contributed by atoms with Gasteiger partial charge in [0.1, 0.15) is 5.69 Å². The first-order chi connectivity index (χ1) is 11.3. The van der Waals surface area contributed by atoms with Crippen LogP contribution in [0.15, 0.2) is 35.4 Å². The Hall–Kier alpha value is -2.01. The van der Waals surface area contributed by atoms with Crippen LogP contribution in [0.2, 0.25) is 5.02 Å². The maximum Gasteiger partial charge on any atom is 0.238 e. The minimum absolute atomic E-state index is 0.0103. The maximum atomic E-state index is 11.4. The summed E-state index contributed by atoms with van der Waals surface area (Å²) in [6.07, 6.45) is 1.70.